The quantitative estimate of drug-likeness (QED) is 0.681. The van der Waals surface area contributed by atoms with Crippen LogP contribution in [-0.2, 0) is 14.3 Å². The highest BCUT2D eigenvalue weighted by molar-refractivity contribution is 5.77. The van der Waals surface area contributed by atoms with E-state index in [9.17, 15) is 4.79 Å². The molecule has 0 rings (SSSR count). The lowest BCUT2D eigenvalue weighted by molar-refractivity contribution is -0.175. The summed E-state index contributed by atoms with van der Waals surface area (Å²) in [4.78, 5) is 12.2. The highest BCUT2D eigenvalue weighted by Gasteiger charge is 2.43. The minimum Gasteiger partial charge on any atom is -0.459 e. The van der Waals surface area contributed by atoms with Gasteiger partial charge < -0.3 is 9.47 Å². The van der Waals surface area contributed by atoms with E-state index in [-0.39, 0.29) is 11.9 Å². The predicted octanol–water partition coefficient (Wildman–Crippen LogP) is 3.03. The van der Waals surface area contributed by atoms with Crippen LogP contribution in [0.2, 0.25) is 0 Å². The van der Waals surface area contributed by atoms with Crippen LogP contribution in [0, 0.1) is 11.3 Å². The molecule has 0 spiro atoms. The molecule has 1 atom stereocenters. The summed E-state index contributed by atoms with van der Waals surface area (Å²) in [6, 6.07) is 0. The van der Waals surface area contributed by atoms with Crippen LogP contribution >= 0.6 is 0 Å². The Morgan fingerprint density at radius 1 is 1.25 bits per heavy atom. The largest absolute Gasteiger partial charge is 0.459 e. The van der Waals surface area contributed by atoms with Crippen molar-refractivity contribution in [1.29, 1.82) is 0 Å². The summed E-state index contributed by atoms with van der Waals surface area (Å²) >= 11 is 0. The van der Waals surface area contributed by atoms with E-state index in [1.54, 1.807) is 7.11 Å². The Morgan fingerprint density at radius 3 is 2.00 bits per heavy atom. The van der Waals surface area contributed by atoms with Crippen molar-refractivity contribution in [2.24, 2.45) is 11.3 Å². The molecule has 96 valence electrons. The average molecular weight is 230 g/mol. The van der Waals surface area contributed by atoms with E-state index in [0.29, 0.717) is 6.61 Å². The Balaban J connectivity index is 4.95. The molecule has 3 nitrogen and oxygen atoms in total. The fourth-order valence-electron chi connectivity index (χ4n) is 1.75. The van der Waals surface area contributed by atoms with Crippen molar-refractivity contribution >= 4 is 5.97 Å². The van der Waals surface area contributed by atoms with Gasteiger partial charge in [0.2, 0.25) is 0 Å². The molecule has 0 aliphatic heterocycles. The number of hydrogen-bond donors (Lipinski definition) is 0. The fourth-order valence-corrected chi connectivity index (χ4v) is 1.75. The summed E-state index contributed by atoms with van der Waals surface area (Å²) in [5.74, 6) is 0.0478. The molecule has 0 N–H and O–H groups in total. The minimum atomic E-state index is -0.526. The topological polar surface area (TPSA) is 35.5 Å². The molecule has 0 heterocycles. The number of carbonyl (C=O) groups is 1. The molecule has 0 aromatic carbocycles. The maximum atomic E-state index is 12.2. The van der Waals surface area contributed by atoms with Crippen molar-refractivity contribution in [3.8, 4) is 0 Å². The predicted molar refractivity (Wildman–Crippen MR) is 65.3 cm³/mol. The summed E-state index contributed by atoms with van der Waals surface area (Å²) in [6.07, 6.45) is 0.730. The van der Waals surface area contributed by atoms with Crippen molar-refractivity contribution in [2.75, 3.05) is 13.7 Å². The molecule has 3 heteroatoms. The summed E-state index contributed by atoms with van der Waals surface area (Å²) in [5, 5.41) is 0. The molecular weight excluding hydrogens is 204 g/mol. The second-order valence-corrected chi connectivity index (χ2v) is 5.60. The van der Waals surface area contributed by atoms with Gasteiger partial charge >= 0.3 is 5.97 Å². The van der Waals surface area contributed by atoms with Crippen LogP contribution in [-0.4, -0.2) is 25.3 Å². The summed E-state index contributed by atoms with van der Waals surface area (Å²) in [5.41, 5.74) is -0.970. The maximum Gasteiger partial charge on any atom is 0.315 e. The van der Waals surface area contributed by atoms with Crippen LogP contribution in [0.4, 0.5) is 0 Å². The van der Waals surface area contributed by atoms with Gasteiger partial charge in [-0.2, -0.15) is 0 Å². The van der Waals surface area contributed by atoms with E-state index in [1.807, 2.05) is 41.5 Å². The van der Waals surface area contributed by atoms with Gasteiger partial charge in [0.05, 0.1) is 12.0 Å². The normalized spacial score (nSPS) is 16.0. The third-order valence-corrected chi connectivity index (χ3v) is 2.94. The SMILES string of the molecule is CCC(COC)(C(=O)OC(C)(C)C)C(C)C. The standard InChI is InChI=1S/C13H26O3/c1-8-13(9-15-7,10(2)3)11(14)16-12(4,5)6/h10H,8-9H2,1-7H3. The second-order valence-electron chi connectivity index (χ2n) is 5.60. The van der Waals surface area contributed by atoms with Gasteiger partial charge in [0.15, 0.2) is 0 Å². The first-order valence-electron chi connectivity index (χ1n) is 5.92. The van der Waals surface area contributed by atoms with Crippen LogP contribution in [0.15, 0.2) is 0 Å². The molecule has 0 saturated carbocycles. The van der Waals surface area contributed by atoms with Gasteiger partial charge in [0, 0.05) is 7.11 Å². The molecule has 0 aliphatic rings. The van der Waals surface area contributed by atoms with E-state index in [2.05, 4.69) is 0 Å². The van der Waals surface area contributed by atoms with Crippen molar-refractivity contribution in [3.63, 3.8) is 0 Å². The average Bonchev–Trinajstić information content (AvgIpc) is 2.10. The lowest BCUT2D eigenvalue weighted by Gasteiger charge is -2.36. The Bertz CT molecular complexity index is 228. The highest BCUT2D eigenvalue weighted by atomic mass is 16.6. The molecule has 1 unspecified atom stereocenters. The number of hydrogen-bond acceptors (Lipinski definition) is 3. The number of esters is 1. The molecule has 0 fully saturated rings. The van der Waals surface area contributed by atoms with E-state index >= 15 is 0 Å². The van der Waals surface area contributed by atoms with Gasteiger partial charge in [-0.15, -0.1) is 0 Å². The van der Waals surface area contributed by atoms with Gasteiger partial charge in [-0.25, -0.2) is 0 Å². The molecule has 0 radical (unpaired) electrons. The van der Waals surface area contributed by atoms with Crippen molar-refractivity contribution in [3.05, 3.63) is 0 Å². The van der Waals surface area contributed by atoms with Crippen molar-refractivity contribution in [1.82, 2.24) is 0 Å². The summed E-state index contributed by atoms with van der Waals surface area (Å²) < 4.78 is 10.7. The summed E-state index contributed by atoms with van der Waals surface area (Å²) in [7, 11) is 1.62. The van der Waals surface area contributed by atoms with E-state index in [4.69, 9.17) is 9.47 Å². The van der Waals surface area contributed by atoms with Gasteiger partial charge in [0.1, 0.15) is 5.60 Å². The lowest BCUT2D eigenvalue weighted by atomic mass is 9.75. The first-order valence-corrected chi connectivity index (χ1v) is 5.92. The van der Waals surface area contributed by atoms with Crippen LogP contribution in [0.5, 0.6) is 0 Å². The first kappa shape index (κ1) is 15.4. The molecule has 0 saturated heterocycles. The number of carbonyl (C=O) groups excluding carboxylic acids is 1. The Kier molecular flexibility index (Phi) is 5.47. The molecule has 0 bridgehead atoms. The molecule has 0 aromatic heterocycles. The monoisotopic (exact) mass is 230 g/mol. The Labute approximate surface area is 99.5 Å². The first-order chi connectivity index (χ1) is 7.19. The van der Waals surface area contributed by atoms with Gasteiger partial charge in [-0.3, -0.25) is 4.79 Å². The number of methoxy groups -OCH3 is 1. The zero-order chi connectivity index (χ0) is 13.0. The molecular formula is C13H26O3. The smallest absolute Gasteiger partial charge is 0.315 e. The third-order valence-electron chi connectivity index (χ3n) is 2.94. The van der Waals surface area contributed by atoms with Crippen LogP contribution in [0.25, 0.3) is 0 Å². The van der Waals surface area contributed by atoms with E-state index in [1.165, 1.54) is 0 Å². The minimum absolute atomic E-state index is 0.153. The van der Waals surface area contributed by atoms with Crippen LogP contribution in [0.1, 0.15) is 48.0 Å². The van der Waals surface area contributed by atoms with Crippen LogP contribution < -0.4 is 0 Å². The van der Waals surface area contributed by atoms with Gasteiger partial charge in [0.25, 0.3) is 0 Å². The second kappa shape index (κ2) is 5.67. The lowest BCUT2D eigenvalue weighted by Crippen LogP contribution is -2.44. The Morgan fingerprint density at radius 2 is 1.75 bits per heavy atom. The zero-order valence-corrected chi connectivity index (χ0v) is 11.7. The van der Waals surface area contributed by atoms with Gasteiger partial charge in [-0.1, -0.05) is 20.8 Å². The molecule has 16 heavy (non-hydrogen) atoms. The van der Waals surface area contributed by atoms with Crippen molar-refractivity contribution < 1.29 is 14.3 Å². The molecule has 0 aliphatic carbocycles. The zero-order valence-electron chi connectivity index (χ0n) is 11.7. The summed E-state index contributed by atoms with van der Waals surface area (Å²) in [6.45, 7) is 12.1. The van der Waals surface area contributed by atoms with E-state index in [0.717, 1.165) is 6.42 Å². The van der Waals surface area contributed by atoms with Crippen molar-refractivity contribution in [2.45, 2.75) is 53.6 Å². The van der Waals surface area contributed by atoms with Gasteiger partial charge in [-0.05, 0) is 33.1 Å². The number of rotatable bonds is 5. The third kappa shape index (κ3) is 3.78. The number of ether oxygens (including phenoxy) is 2. The van der Waals surface area contributed by atoms with E-state index < -0.39 is 11.0 Å². The van der Waals surface area contributed by atoms with Crippen LogP contribution in [0.3, 0.4) is 0 Å². The Hall–Kier alpha value is -0.570. The highest BCUT2D eigenvalue weighted by Crippen LogP contribution is 2.34. The fraction of sp³-hybridized carbons (Fsp3) is 0.923. The molecule has 0 aromatic rings. The molecule has 0 amide bonds. The maximum absolute atomic E-state index is 12.2.